The quantitative estimate of drug-likeness (QED) is 0.509. The van der Waals surface area contributed by atoms with E-state index in [4.69, 9.17) is 5.11 Å². The van der Waals surface area contributed by atoms with Crippen LogP contribution in [0.1, 0.15) is 32.3 Å². The van der Waals surface area contributed by atoms with Gasteiger partial charge in [-0.25, -0.2) is 14.4 Å². The summed E-state index contributed by atoms with van der Waals surface area (Å²) >= 11 is 0. The van der Waals surface area contributed by atoms with Crippen LogP contribution in [-0.2, 0) is 6.54 Å². The van der Waals surface area contributed by atoms with Crippen LogP contribution in [0.2, 0.25) is 0 Å². The minimum Gasteiger partial charge on any atom is -0.465 e. The Labute approximate surface area is 204 Å². The third-order valence-corrected chi connectivity index (χ3v) is 6.60. The number of urea groups is 1. The normalized spacial score (nSPS) is 21.5. The molecule has 3 heterocycles. The second-order valence-electron chi connectivity index (χ2n) is 9.37. The van der Waals surface area contributed by atoms with Gasteiger partial charge in [0.2, 0.25) is 0 Å². The average Bonchev–Trinajstić information content (AvgIpc) is 2.82. The molecule has 0 unspecified atom stereocenters. The van der Waals surface area contributed by atoms with Crippen LogP contribution in [0, 0.1) is 0 Å². The van der Waals surface area contributed by atoms with Crippen LogP contribution in [0.25, 0.3) is 5.69 Å². The lowest BCUT2D eigenvalue weighted by molar-refractivity contribution is 0.161. The van der Waals surface area contributed by atoms with Crippen LogP contribution in [0.5, 0.6) is 0 Å². The maximum atomic E-state index is 12.7. The van der Waals surface area contributed by atoms with Crippen molar-refractivity contribution in [3.8, 4) is 5.69 Å². The highest BCUT2D eigenvalue weighted by atomic mass is 16.4. The number of anilines is 1. The fourth-order valence-corrected chi connectivity index (χ4v) is 4.59. The molecule has 2 aromatic rings. The number of rotatable bonds is 5. The van der Waals surface area contributed by atoms with E-state index in [0.29, 0.717) is 12.2 Å². The van der Waals surface area contributed by atoms with E-state index in [1.165, 1.54) is 4.57 Å². The molecule has 2 atom stereocenters. The number of aromatic nitrogens is 2. The molecule has 11 nitrogen and oxygen atoms in total. The second-order valence-corrected chi connectivity index (χ2v) is 9.37. The summed E-state index contributed by atoms with van der Waals surface area (Å²) < 4.78 is 1.44. The standard InChI is InChI=1S/C24H33N7O4/c1-16-14-31(17(2)13-25-16)23(33)28-21-9-12-30(22(32)27-21)20-5-3-18(4-6-20)15-29-10-7-19(8-11-29)26-24(34)35/h3-6,9,12,16-17,19,25-26H,7-8,10-11,13-15H2,1-2H3,(H,34,35)(H,27,28,32,33)/t16-,17+/m1/s1. The first-order valence-corrected chi connectivity index (χ1v) is 12.0. The summed E-state index contributed by atoms with van der Waals surface area (Å²) in [5.41, 5.74) is 1.34. The molecule has 2 saturated heterocycles. The van der Waals surface area contributed by atoms with E-state index in [1.807, 2.05) is 38.1 Å². The number of carbonyl (C=O) groups is 2. The number of piperazine rings is 1. The van der Waals surface area contributed by atoms with Crippen LogP contribution in [0.4, 0.5) is 15.4 Å². The van der Waals surface area contributed by atoms with Gasteiger partial charge in [0.05, 0.1) is 5.69 Å². The van der Waals surface area contributed by atoms with Gasteiger partial charge in [-0.15, -0.1) is 0 Å². The summed E-state index contributed by atoms with van der Waals surface area (Å²) in [6, 6.07) is 9.35. The SMILES string of the molecule is C[C@@H]1CN(C(=O)Nc2ccn(-c3ccc(CN4CCC(NC(=O)O)CC4)cc3)c(=O)n2)[C@@H](C)CN1. The van der Waals surface area contributed by atoms with Crippen molar-refractivity contribution in [3.63, 3.8) is 0 Å². The Morgan fingerprint density at radius 2 is 1.86 bits per heavy atom. The second kappa shape index (κ2) is 10.9. The van der Waals surface area contributed by atoms with Gasteiger partial charge in [0.1, 0.15) is 5.82 Å². The maximum Gasteiger partial charge on any atom is 0.404 e. The lowest BCUT2D eigenvalue weighted by atomic mass is 10.0. The molecule has 4 N–H and O–H groups in total. The molecule has 2 aliphatic heterocycles. The summed E-state index contributed by atoms with van der Waals surface area (Å²) in [5, 5.41) is 17.5. The van der Waals surface area contributed by atoms with Crippen molar-refractivity contribution in [1.29, 1.82) is 0 Å². The highest BCUT2D eigenvalue weighted by molar-refractivity contribution is 5.88. The number of piperidine rings is 1. The summed E-state index contributed by atoms with van der Waals surface area (Å²) in [5.74, 6) is 0.229. The highest BCUT2D eigenvalue weighted by Gasteiger charge is 2.27. The first kappa shape index (κ1) is 24.7. The van der Waals surface area contributed by atoms with Gasteiger partial charge in [0, 0.05) is 57.0 Å². The zero-order valence-corrected chi connectivity index (χ0v) is 20.1. The lowest BCUT2D eigenvalue weighted by Crippen LogP contribution is -2.57. The molecule has 4 rings (SSSR count). The number of carboxylic acid groups (broad SMARTS) is 1. The van der Waals surface area contributed by atoms with Crippen molar-refractivity contribution in [2.45, 2.75) is 51.4 Å². The Morgan fingerprint density at radius 1 is 1.14 bits per heavy atom. The molecule has 0 bridgehead atoms. The Morgan fingerprint density at radius 3 is 2.51 bits per heavy atom. The largest absolute Gasteiger partial charge is 0.465 e. The number of nitrogens with zero attached hydrogens (tertiary/aromatic N) is 4. The zero-order valence-electron chi connectivity index (χ0n) is 20.1. The Kier molecular flexibility index (Phi) is 7.67. The monoisotopic (exact) mass is 483 g/mol. The minimum absolute atomic E-state index is 0.0158. The predicted octanol–water partition coefficient (Wildman–Crippen LogP) is 1.68. The van der Waals surface area contributed by atoms with E-state index in [-0.39, 0.29) is 30.0 Å². The maximum absolute atomic E-state index is 12.7. The van der Waals surface area contributed by atoms with Crippen LogP contribution < -0.4 is 21.6 Å². The molecule has 0 saturated carbocycles. The topological polar surface area (TPSA) is 132 Å². The third kappa shape index (κ3) is 6.37. The lowest BCUT2D eigenvalue weighted by Gasteiger charge is -2.37. The Balaban J connectivity index is 1.34. The number of hydrogen-bond donors (Lipinski definition) is 4. The predicted molar refractivity (Wildman–Crippen MR) is 132 cm³/mol. The number of carbonyl (C=O) groups excluding carboxylic acids is 1. The number of nitrogens with one attached hydrogen (secondary N) is 3. The van der Waals surface area contributed by atoms with E-state index in [2.05, 4.69) is 25.8 Å². The van der Waals surface area contributed by atoms with E-state index in [1.54, 1.807) is 17.2 Å². The van der Waals surface area contributed by atoms with Crippen molar-refractivity contribution in [3.05, 3.63) is 52.6 Å². The van der Waals surface area contributed by atoms with Crippen LogP contribution in [-0.4, -0.2) is 80.9 Å². The third-order valence-electron chi connectivity index (χ3n) is 6.60. The molecule has 188 valence electrons. The summed E-state index contributed by atoms with van der Waals surface area (Å²) in [4.78, 5) is 44.2. The molecule has 0 aliphatic carbocycles. The van der Waals surface area contributed by atoms with Crippen LogP contribution >= 0.6 is 0 Å². The van der Waals surface area contributed by atoms with Gasteiger partial charge in [-0.3, -0.25) is 14.8 Å². The number of likely N-dealkylation sites (tertiary alicyclic amines) is 1. The molecule has 2 aliphatic rings. The summed E-state index contributed by atoms with van der Waals surface area (Å²) in [6.45, 7) is 7.74. The molecule has 0 spiro atoms. The molecule has 2 fully saturated rings. The molecule has 3 amide bonds. The molecule has 11 heteroatoms. The minimum atomic E-state index is -0.969. The van der Waals surface area contributed by atoms with Crippen molar-refractivity contribution in [1.82, 2.24) is 30.0 Å². The highest BCUT2D eigenvalue weighted by Crippen LogP contribution is 2.16. The zero-order chi connectivity index (χ0) is 24.9. The van der Waals surface area contributed by atoms with Gasteiger partial charge in [0.25, 0.3) is 0 Å². The molecular weight excluding hydrogens is 450 g/mol. The Bertz CT molecular complexity index is 1100. The van der Waals surface area contributed by atoms with Crippen LogP contribution in [0.15, 0.2) is 41.3 Å². The van der Waals surface area contributed by atoms with Gasteiger partial charge < -0.3 is 20.6 Å². The first-order chi connectivity index (χ1) is 16.8. The van der Waals surface area contributed by atoms with Gasteiger partial charge in [-0.05, 0) is 50.5 Å². The number of amides is 3. The van der Waals surface area contributed by atoms with E-state index < -0.39 is 11.8 Å². The van der Waals surface area contributed by atoms with Crippen molar-refractivity contribution >= 4 is 17.9 Å². The van der Waals surface area contributed by atoms with Crippen molar-refractivity contribution in [2.24, 2.45) is 0 Å². The van der Waals surface area contributed by atoms with E-state index in [0.717, 1.165) is 44.6 Å². The van der Waals surface area contributed by atoms with Gasteiger partial charge in [-0.2, -0.15) is 4.98 Å². The fourth-order valence-electron chi connectivity index (χ4n) is 4.59. The van der Waals surface area contributed by atoms with Gasteiger partial charge >= 0.3 is 17.8 Å². The van der Waals surface area contributed by atoms with Gasteiger partial charge in [-0.1, -0.05) is 12.1 Å². The number of hydrogen-bond acceptors (Lipinski definition) is 6. The van der Waals surface area contributed by atoms with E-state index >= 15 is 0 Å². The van der Waals surface area contributed by atoms with Crippen LogP contribution in [0.3, 0.4) is 0 Å². The Hall–Kier alpha value is -3.44. The average molecular weight is 484 g/mol. The number of benzene rings is 1. The van der Waals surface area contributed by atoms with Crippen molar-refractivity contribution < 1.29 is 14.7 Å². The molecular formula is C24H33N7O4. The molecule has 1 aromatic carbocycles. The molecule has 1 aromatic heterocycles. The van der Waals surface area contributed by atoms with Gasteiger partial charge in [0.15, 0.2) is 0 Å². The summed E-state index contributed by atoms with van der Waals surface area (Å²) in [6.07, 6.45) is 2.23. The molecule has 35 heavy (non-hydrogen) atoms. The first-order valence-electron chi connectivity index (χ1n) is 12.0. The smallest absolute Gasteiger partial charge is 0.404 e. The fraction of sp³-hybridized carbons (Fsp3) is 0.500. The van der Waals surface area contributed by atoms with E-state index in [9.17, 15) is 14.4 Å². The molecule has 0 radical (unpaired) electrons. The van der Waals surface area contributed by atoms with Crippen molar-refractivity contribution in [2.75, 3.05) is 31.5 Å². The summed E-state index contributed by atoms with van der Waals surface area (Å²) in [7, 11) is 0.